The molecule has 1 aliphatic carbocycles. The van der Waals surface area contributed by atoms with E-state index < -0.39 is 0 Å². The van der Waals surface area contributed by atoms with Crippen LogP contribution in [0.15, 0.2) is 18.2 Å². The van der Waals surface area contributed by atoms with E-state index in [4.69, 9.17) is 4.74 Å². The van der Waals surface area contributed by atoms with Gasteiger partial charge < -0.3 is 4.74 Å². The van der Waals surface area contributed by atoms with E-state index in [0.717, 1.165) is 25.0 Å². The predicted molar refractivity (Wildman–Crippen MR) is 69.8 cm³/mol. The average Bonchev–Trinajstić information content (AvgIpc) is 2.76. The topological polar surface area (TPSA) is 55.4 Å². The summed E-state index contributed by atoms with van der Waals surface area (Å²) >= 11 is 0. The Balaban J connectivity index is 1.81. The Morgan fingerprint density at radius 2 is 2.05 bits per heavy atom. The van der Waals surface area contributed by atoms with Gasteiger partial charge in [0.05, 0.1) is 13.0 Å². The van der Waals surface area contributed by atoms with Gasteiger partial charge in [-0.3, -0.25) is 14.9 Å². The maximum Gasteiger partial charge on any atom is 0.230 e. The summed E-state index contributed by atoms with van der Waals surface area (Å²) in [6.45, 7) is 0. The largest absolute Gasteiger partial charge is 0.497 e. The maximum atomic E-state index is 11.8. The third kappa shape index (κ3) is 2.23. The van der Waals surface area contributed by atoms with Gasteiger partial charge in [-0.05, 0) is 48.4 Å². The number of hydrogen-bond acceptors (Lipinski definition) is 3. The van der Waals surface area contributed by atoms with Crippen LogP contribution in [0.2, 0.25) is 0 Å². The molecular weight excluding hydrogens is 242 g/mol. The number of hydrogen-bond donors (Lipinski definition) is 1. The lowest BCUT2D eigenvalue weighted by atomic mass is 9.76. The van der Waals surface area contributed by atoms with Gasteiger partial charge in [0.15, 0.2) is 0 Å². The van der Waals surface area contributed by atoms with Crippen LogP contribution in [-0.4, -0.2) is 18.9 Å². The second-order valence-corrected chi connectivity index (χ2v) is 5.36. The van der Waals surface area contributed by atoms with Crippen LogP contribution in [-0.2, 0) is 22.4 Å². The number of methoxy groups -OCH3 is 1. The molecule has 19 heavy (non-hydrogen) atoms. The van der Waals surface area contributed by atoms with Crippen LogP contribution in [0.4, 0.5) is 0 Å². The standard InChI is InChI=1S/C15H17NO3/c1-19-12-5-4-9-2-3-10(6-11(9)7-12)13-8-14(17)16-15(13)18/h4-5,7,10,13H,2-3,6,8H2,1H3,(H,16,17,18). The number of rotatable bonds is 2. The molecule has 3 rings (SSSR count). The van der Waals surface area contributed by atoms with Crippen molar-refractivity contribution in [1.29, 1.82) is 0 Å². The van der Waals surface area contributed by atoms with E-state index >= 15 is 0 Å². The molecule has 100 valence electrons. The number of ether oxygens (including phenoxy) is 1. The molecule has 1 aliphatic heterocycles. The maximum absolute atomic E-state index is 11.8. The molecule has 2 unspecified atom stereocenters. The predicted octanol–water partition coefficient (Wildman–Crippen LogP) is 1.46. The van der Waals surface area contributed by atoms with E-state index in [9.17, 15) is 9.59 Å². The molecule has 2 atom stereocenters. The fourth-order valence-corrected chi connectivity index (χ4v) is 3.19. The van der Waals surface area contributed by atoms with Crippen LogP contribution in [0.5, 0.6) is 5.75 Å². The average molecular weight is 259 g/mol. The molecule has 0 radical (unpaired) electrons. The van der Waals surface area contributed by atoms with Crippen LogP contribution in [0, 0.1) is 11.8 Å². The number of benzene rings is 1. The number of carbonyl (C=O) groups is 2. The van der Waals surface area contributed by atoms with Crippen molar-refractivity contribution >= 4 is 11.8 Å². The third-order valence-corrected chi connectivity index (χ3v) is 4.25. The van der Waals surface area contributed by atoms with Gasteiger partial charge >= 0.3 is 0 Å². The fraction of sp³-hybridized carbons (Fsp3) is 0.467. The van der Waals surface area contributed by atoms with Crippen LogP contribution < -0.4 is 10.1 Å². The molecule has 1 aromatic rings. The number of carbonyl (C=O) groups excluding carboxylic acids is 2. The van der Waals surface area contributed by atoms with Crippen molar-refractivity contribution in [3.8, 4) is 5.75 Å². The summed E-state index contributed by atoms with van der Waals surface area (Å²) in [5.74, 6) is 0.747. The van der Waals surface area contributed by atoms with E-state index in [-0.39, 0.29) is 23.7 Å². The molecule has 1 saturated heterocycles. The minimum absolute atomic E-state index is 0.0960. The van der Waals surface area contributed by atoms with Crippen molar-refractivity contribution in [2.24, 2.45) is 11.8 Å². The highest BCUT2D eigenvalue weighted by Gasteiger charge is 2.38. The molecule has 1 fully saturated rings. The lowest BCUT2D eigenvalue weighted by Crippen LogP contribution is -2.29. The third-order valence-electron chi connectivity index (χ3n) is 4.25. The number of fused-ring (bicyclic) bond motifs is 1. The fourth-order valence-electron chi connectivity index (χ4n) is 3.19. The van der Waals surface area contributed by atoms with E-state index in [1.54, 1.807) is 7.11 Å². The molecule has 4 nitrogen and oxygen atoms in total. The Hall–Kier alpha value is -1.84. The van der Waals surface area contributed by atoms with Gasteiger partial charge in [-0.15, -0.1) is 0 Å². The molecular formula is C15H17NO3. The zero-order valence-corrected chi connectivity index (χ0v) is 10.9. The molecule has 0 bridgehead atoms. The van der Waals surface area contributed by atoms with Gasteiger partial charge in [-0.25, -0.2) is 0 Å². The van der Waals surface area contributed by atoms with Crippen molar-refractivity contribution in [2.45, 2.75) is 25.7 Å². The molecule has 0 saturated carbocycles. The molecule has 2 amide bonds. The summed E-state index contributed by atoms with van der Waals surface area (Å²) in [4.78, 5) is 23.1. The first-order valence-corrected chi connectivity index (χ1v) is 6.67. The summed E-state index contributed by atoms with van der Waals surface area (Å²) in [6, 6.07) is 6.13. The number of imide groups is 1. The summed E-state index contributed by atoms with van der Waals surface area (Å²) < 4.78 is 5.25. The lowest BCUT2D eigenvalue weighted by Gasteiger charge is -2.27. The highest BCUT2D eigenvalue weighted by atomic mass is 16.5. The number of nitrogens with one attached hydrogen (secondary N) is 1. The van der Waals surface area contributed by atoms with Crippen molar-refractivity contribution in [3.05, 3.63) is 29.3 Å². The van der Waals surface area contributed by atoms with Gasteiger partial charge in [0.25, 0.3) is 0 Å². The molecule has 2 aliphatic rings. The number of aryl methyl sites for hydroxylation is 1. The van der Waals surface area contributed by atoms with Gasteiger partial charge in [-0.1, -0.05) is 6.07 Å². The van der Waals surface area contributed by atoms with Crippen molar-refractivity contribution in [3.63, 3.8) is 0 Å². The number of amides is 2. The summed E-state index contributed by atoms with van der Waals surface area (Å²) in [5.41, 5.74) is 2.59. The monoisotopic (exact) mass is 259 g/mol. The van der Waals surface area contributed by atoms with E-state index in [2.05, 4.69) is 17.4 Å². The van der Waals surface area contributed by atoms with Crippen LogP contribution in [0.3, 0.4) is 0 Å². The lowest BCUT2D eigenvalue weighted by molar-refractivity contribution is -0.126. The minimum Gasteiger partial charge on any atom is -0.497 e. The Morgan fingerprint density at radius 1 is 1.21 bits per heavy atom. The molecule has 0 spiro atoms. The molecule has 0 aromatic heterocycles. The van der Waals surface area contributed by atoms with Gasteiger partial charge in [-0.2, -0.15) is 0 Å². The molecule has 1 N–H and O–H groups in total. The van der Waals surface area contributed by atoms with Gasteiger partial charge in [0.1, 0.15) is 5.75 Å². The molecule has 1 heterocycles. The Kier molecular flexibility index (Phi) is 3.01. The first-order chi connectivity index (χ1) is 9.17. The Morgan fingerprint density at radius 3 is 2.74 bits per heavy atom. The minimum atomic E-state index is -0.146. The zero-order valence-electron chi connectivity index (χ0n) is 10.9. The summed E-state index contributed by atoms with van der Waals surface area (Å²) in [6.07, 6.45) is 3.16. The van der Waals surface area contributed by atoms with E-state index in [1.165, 1.54) is 11.1 Å². The van der Waals surface area contributed by atoms with Crippen molar-refractivity contribution in [2.75, 3.05) is 7.11 Å². The first-order valence-electron chi connectivity index (χ1n) is 6.67. The van der Waals surface area contributed by atoms with Gasteiger partial charge in [0.2, 0.25) is 11.8 Å². The highest BCUT2D eigenvalue weighted by Crippen LogP contribution is 2.35. The van der Waals surface area contributed by atoms with Gasteiger partial charge in [0, 0.05) is 6.42 Å². The smallest absolute Gasteiger partial charge is 0.230 e. The highest BCUT2D eigenvalue weighted by molar-refractivity contribution is 6.03. The van der Waals surface area contributed by atoms with E-state index in [0.29, 0.717) is 6.42 Å². The second-order valence-electron chi connectivity index (χ2n) is 5.36. The second kappa shape index (κ2) is 4.68. The molecule has 1 aromatic carbocycles. The van der Waals surface area contributed by atoms with Crippen molar-refractivity contribution in [1.82, 2.24) is 5.32 Å². The van der Waals surface area contributed by atoms with Crippen LogP contribution in [0.25, 0.3) is 0 Å². The first kappa shape index (κ1) is 12.2. The van der Waals surface area contributed by atoms with Crippen LogP contribution >= 0.6 is 0 Å². The van der Waals surface area contributed by atoms with Crippen LogP contribution in [0.1, 0.15) is 24.0 Å². The Bertz CT molecular complexity index is 538. The quantitative estimate of drug-likeness (QED) is 0.818. The summed E-state index contributed by atoms with van der Waals surface area (Å²) in [5, 5.41) is 2.41. The Labute approximate surface area is 112 Å². The normalized spacial score (nSPS) is 25.9. The SMILES string of the molecule is COc1ccc2c(c1)CC(C1CC(=O)NC1=O)CC2. The summed E-state index contributed by atoms with van der Waals surface area (Å²) in [7, 11) is 1.66. The zero-order chi connectivity index (χ0) is 13.4. The van der Waals surface area contributed by atoms with Crippen molar-refractivity contribution < 1.29 is 14.3 Å². The molecule has 4 heteroatoms. The van der Waals surface area contributed by atoms with E-state index in [1.807, 2.05) is 6.07 Å².